The molecule has 148 valence electrons. The molecule has 28 heavy (non-hydrogen) atoms. The summed E-state index contributed by atoms with van der Waals surface area (Å²) in [6.07, 6.45) is 4.25. The summed E-state index contributed by atoms with van der Waals surface area (Å²) in [5.74, 6) is -0.621. The SMILES string of the molecule is CCc1ccc(/C=C/C(=O)N2CCN(S(=O)(=O)c3ccc(F)cc3)CC2)cc1. The van der Waals surface area contributed by atoms with Crippen molar-refractivity contribution in [2.24, 2.45) is 0 Å². The average molecular weight is 402 g/mol. The molecule has 5 nitrogen and oxygen atoms in total. The second kappa shape index (κ2) is 8.67. The van der Waals surface area contributed by atoms with Gasteiger partial charge in [-0.15, -0.1) is 0 Å². The predicted octanol–water partition coefficient (Wildman–Crippen LogP) is 2.93. The van der Waals surface area contributed by atoms with E-state index >= 15 is 0 Å². The van der Waals surface area contributed by atoms with Crippen LogP contribution in [0.3, 0.4) is 0 Å². The van der Waals surface area contributed by atoms with Crippen molar-refractivity contribution >= 4 is 22.0 Å². The summed E-state index contributed by atoms with van der Waals surface area (Å²) in [6.45, 7) is 3.15. The molecule has 1 heterocycles. The highest BCUT2D eigenvalue weighted by molar-refractivity contribution is 7.89. The van der Waals surface area contributed by atoms with E-state index in [1.807, 2.05) is 24.3 Å². The van der Waals surface area contributed by atoms with Gasteiger partial charge in [0.25, 0.3) is 0 Å². The van der Waals surface area contributed by atoms with E-state index in [0.717, 1.165) is 24.1 Å². The van der Waals surface area contributed by atoms with Crippen LogP contribution in [0.2, 0.25) is 0 Å². The number of piperazine rings is 1. The lowest BCUT2D eigenvalue weighted by Crippen LogP contribution is -2.50. The fourth-order valence-corrected chi connectivity index (χ4v) is 4.46. The van der Waals surface area contributed by atoms with Crippen molar-refractivity contribution in [1.29, 1.82) is 0 Å². The highest BCUT2D eigenvalue weighted by atomic mass is 32.2. The monoisotopic (exact) mass is 402 g/mol. The lowest BCUT2D eigenvalue weighted by molar-refractivity contribution is -0.127. The molecule has 0 radical (unpaired) electrons. The van der Waals surface area contributed by atoms with Crippen molar-refractivity contribution < 1.29 is 17.6 Å². The molecular formula is C21H23FN2O3S. The van der Waals surface area contributed by atoms with E-state index in [9.17, 15) is 17.6 Å². The lowest BCUT2D eigenvalue weighted by Gasteiger charge is -2.33. The van der Waals surface area contributed by atoms with Crippen molar-refractivity contribution in [2.45, 2.75) is 18.2 Å². The number of halogens is 1. The molecule has 7 heteroatoms. The van der Waals surface area contributed by atoms with Gasteiger partial charge in [-0.25, -0.2) is 12.8 Å². The van der Waals surface area contributed by atoms with Gasteiger partial charge in [-0.1, -0.05) is 31.2 Å². The third-order valence-electron chi connectivity index (χ3n) is 4.81. The molecule has 0 N–H and O–H groups in total. The first-order valence-electron chi connectivity index (χ1n) is 9.22. The van der Waals surface area contributed by atoms with E-state index in [1.54, 1.807) is 11.0 Å². The summed E-state index contributed by atoms with van der Waals surface area (Å²) < 4.78 is 39.6. The van der Waals surface area contributed by atoms with Crippen LogP contribution in [0.5, 0.6) is 0 Å². The summed E-state index contributed by atoms with van der Waals surface area (Å²) in [6, 6.07) is 12.8. The first-order valence-corrected chi connectivity index (χ1v) is 10.7. The van der Waals surface area contributed by atoms with E-state index in [-0.39, 0.29) is 23.9 Å². The van der Waals surface area contributed by atoms with Crippen LogP contribution < -0.4 is 0 Å². The number of benzene rings is 2. The molecule has 0 aliphatic carbocycles. The number of carbonyl (C=O) groups is 1. The molecule has 0 atom stereocenters. The van der Waals surface area contributed by atoms with Gasteiger partial charge in [0.2, 0.25) is 15.9 Å². The fraction of sp³-hybridized carbons (Fsp3) is 0.286. The maximum absolute atomic E-state index is 13.0. The molecule has 2 aromatic rings. The zero-order valence-electron chi connectivity index (χ0n) is 15.7. The van der Waals surface area contributed by atoms with E-state index in [4.69, 9.17) is 0 Å². The number of hydrogen-bond donors (Lipinski definition) is 0. The number of sulfonamides is 1. The van der Waals surface area contributed by atoms with Crippen LogP contribution >= 0.6 is 0 Å². The zero-order chi connectivity index (χ0) is 20.1. The Morgan fingerprint density at radius 3 is 2.18 bits per heavy atom. The minimum absolute atomic E-state index is 0.0594. The van der Waals surface area contributed by atoms with Crippen LogP contribution in [0, 0.1) is 5.82 Å². The van der Waals surface area contributed by atoms with Gasteiger partial charge in [0.15, 0.2) is 0 Å². The summed E-state index contributed by atoms with van der Waals surface area (Å²) in [4.78, 5) is 14.1. The molecule has 1 fully saturated rings. The quantitative estimate of drug-likeness (QED) is 0.723. The maximum Gasteiger partial charge on any atom is 0.246 e. The first-order chi connectivity index (χ1) is 13.4. The minimum atomic E-state index is -3.68. The Balaban J connectivity index is 1.58. The Kier molecular flexibility index (Phi) is 6.26. The Morgan fingerprint density at radius 2 is 1.61 bits per heavy atom. The van der Waals surface area contributed by atoms with Crippen molar-refractivity contribution in [2.75, 3.05) is 26.2 Å². The Morgan fingerprint density at radius 1 is 1.00 bits per heavy atom. The number of carbonyl (C=O) groups excluding carboxylic acids is 1. The summed E-state index contributed by atoms with van der Waals surface area (Å²) in [5, 5.41) is 0. The number of nitrogens with zero attached hydrogens (tertiary/aromatic N) is 2. The van der Waals surface area contributed by atoms with Crippen LogP contribution in [0.1, 0.15) is 18.1 Å². The van der Waals surface area contributed by atoms with Crippen molar-refractivity contribution in [3.8, 4) is 0 Å². The lowest BCUT2D eigenvalue weighted by atomic mass is 10.1. The van der Waals surface area contributed by atoms with E-state index < -0.39 is 15.8 Å². The number of hydrogen-bond acceptors (Lipinski definition) is 3. The van der Waals surface area contributed by atoms with Gasteiger partial charge in [-0.3, -0.25) is 4.79 Å². The molecular weight excluding hydrogens is 379 g/mol. The second-order valence-corrected chi connectivity index (χ2v) is 8.55. The predicted molar refractivity (Wildman–Crippen MR) is 107 cm³/mol. The number of rotatable bonds is 5. The zero-order valence-corrected chi connectivity index (χ0v) is 16.5. The van der Waals surface area contributed by atoms with Gasteiger partial charge >= 0.3 is 0 Å². The summed E-state index contributed by atoms with van der Waals surface area (Å²) in [7, 11) is -3.68. The van der Waals surface area contributed by atoms with Gasteiger partial charge < -0.3 is 4.90 Å². The minimum Gasteiger partial charge on any atom is -0.337 e. The molecule has 2 aromatic carbocycles. The van der Waals surface area contributed by atoms with Crippen LogP contribution in [0.4, 0.5) is 4.39 Å². The largest absolute Gasteiger partial charge is 0.337 e. The highest BCUT2D eigenvalue weighted by Gasteiger charge is 2.29. The molecule has 1 saturated heterocycles. The fourth-order valence-electron chi connectivity index (χ4n) is 3.04. The Labute approximate surface area is 165 Å². The summed E-state index contributed by atoms with van der Waals surface area (Å²) in [5.41, 5.74) is 2.19. The van der Waals surface area contributed by atoms with Crippen LogP contribution in [0.15, 0.2) is 59.5 Å². The topological polar surface area (TPSA) is 57.7 Å². The third kappa shape index (κ3) is 4.66. The molecule has 3 rings (SSSR count). The Bertz CT molecular complexity index is 946. The standard InChI is InChI=1S/C21H23FN2O3S/c1-2-17-3-5-18(6-4-17)7-12-21(25)23-13-15-24(16-14-23)28(26,27)20-10-8-19(22)9-11-20/h3-12H,2,13-16H2,1H3/b12-7+. The average Bonchev–Trinajstić information content (AvgIpc) is 2.73. The molecule has 0 aromatic heterocycles. The smallest absolute Gasteiger partial charge is 0.246 e. The van der Waals surface area contributed by atoms with E-state index in [0.29, 0.717) is 13.1 Å². The Hall–Kier alpha value is -2.51. The first kappa shape index (κ1) is 20.2. The van der Waals surface area contributed by atoms with Gasteiger partial charge in [-0.05, 0) is 47.9 Å². The molecule has 0 spiro atoms. The van der Waals surface area contributed by atoms with Gasteiger partial charge in [0, 0.05) is 32.3 Å². The van der Waals surface area contributed by atoms with Crippen molar-refractivity contribution in [1.82, 2.24) is 9.21 Å². The van der Waals surface area contributed by atoms with Crippen LogP contribution in [0.25, 0.3) is 6.08 Å². The molecule has 1 aliphatic rings. The molecule has 1 amide bonds. The second-order valence-electron chi connectivity index (χ2n) is 6.61. The van der Waals surface area contributed by atoms with Gasteiger partial charge in [0.1, 0.15) is 5.82 Å². The molecule has 0 saturated carbocycles. The molecule has 0 bridgehead atoms. The van der Waals surface area contributed by atoms with Crippen LogP contribution in [-0.4, -0.2) is 49.7 Å². The highest BCUT2D eigenvalue weighted by Crippen LogP contribution is 2.18. The van der Waals surface area contributed by atoms with Crippen molar-refractivity contribution in [3.05, 3.63) is 71.6 Å². The third-order valence-corrected chi connectivity index (χ3v) is 6.72. The van der Waals surface area contributed by atoms with E-state index in [1.165, 1.54) is 28.1 Å². The number of aryl methyl sites for hydroxylation is 1. The normalized spacial score (nSPS) is 15.9. The van der Waals surface area contributed by atoms with Gasteiger partial charge in [0.05, 0.1) is 4.90 Å². The molecule has 1 aliphatic heterocycles. The van der Waals surface area contributed by atoms with E-state index in [2.05, 4.69) is 6.92 Å². The van der Waals surface area contributed by atoms with Gasteiger partial charge in [-0.2, -0.15) is 4.31 Å². The summed E-state index contributed by atoms with van der Waals surface area (Å²) >= 11 is 0. The number of amides is 1. The maximum atomic E-state index is 13.0. The van der Waals surface area contributed by atoms with Crippen LogP contribution in [-0.2, 0) is 21.2 Å². The molecule has 0 unspecified atom stereocenters. The van der Waals surface area contributed by atoms with Crippen molar-refractivity contribution in [3.63, 3.8) is 0 Å².